The van der Waals surface area contributed by atoms with Gasteiger partial charge in [-0.1, -0.05) is 23.7 Å². The van der Waals surface area contributed by atoms with Crippen molar-refractivity contribution in [2.75, 3.05) is 44.8 Å². The zero-order valence-corrected chi connectivity index (χ0v) is 20.3. The van der Waals surface area contributed by atoms with Crippen molar-refractivity contribution in [2.24, 2.45) is 0 Å². The molecule has 2 aromatic carbocycles. The van der Waals surface area contributed by atoms with E-state index in [1.165, 1.54) is 19.2 Å². The second-order valence-electron chi connectivity index (χ2n) is 8.13. The first-order chi connectivity index (χ1) is 15.7. The third-order valence-electron chi connectivity index (χ3n) is 5.48. The summed E-state index contributed by atoms with van der Waals surface area (Å²) >= 11 is 5.96. The maximum absolute atomic E-state index is 12.7. The molecule has 1 fully saturated rings. The third kappa shape index (κ3) is 6.87. The van der Waals surface area contributed by atoms with Gasteiger partial charge < -0.3 is 9.64 Å². The predicted molar refractivity (Wildman–Crippen MR) is 128 cm³/mol. The minimum atomic E-state index is -3.91. The summed E-state index contributed by atoms with van der Waals surface area (Å²) in [5, 5.41) is 12.5. The topological polar surface area (TPSA) is 105 Å². The standard InChI is InChI=1S/C22H29ClN4O5S/c1-17(16-32-2)24-33(30,31)20-8-9-21(22(14-20)27(28)29)26-11-3-10-25(12-13-26)15-18-4-6-19(23)7-5-18/h4-9,14,17,24H,3,10-13,15-16H2,1-2H3/t17-/m0/s1. The average molecular weight is 497 g/mol. The molecule has 0 aromatic heterocycles. The number of hydrogen-bond acceptors (Lipinski definition) is 7. The van der Waals surface area contributed by atoms with Gasteiger partial charge in [-0.05, 0) is 43.2 Å². The fraction of sp³-hybridized carbons (Fsp3) is 0.455. The van der Waals surface area contributed by atoms with Crippen molar-refractivity contribution in [3.63, 3.8) is 0 Å². The number of nitrogens with zero attached hydrogens (tertiary/aromatic N) is 3. The lowest BCUT2D eigenvalue weighted by Gasteiger charge is -2.24. The van der Waals surface area contributed by atoms with E-state index in [2.05, 4.69) is 9.62 Å². The van der Waals surface area contributed by atoms with Crippen LogP contribution in [0.1, 0.15) is 18.9 Å². The van der Waals surface area contributed by atoms with Crippen molar-refractivity contribution >= 4 is 33.0 Å². The van der Waals surface area contributed by atoms with Crippen LogP contribution in [0.4, 0.5) is 11.4 Å². The number of benzene rings is 2. The van der Waals surface area contributed by atoms with Gasteiger partial charge in [0.05, 0.1) is 16.4 Å². The highest BCUT2D eigenvalue weighted by Gasteiger charge is 2.26. The van der Waals surface area contributed by atoms with Crippen LogP contribution in [0.25, 0.3) is 0 Å². The lowest BCUT2D eigenvalue weighted by molar-refractivity contribution is -0.384. The van der Waals surface area contributed by atoms with Gasteiger partial charge in [0, 0.05) is 57.0 Å². The fourth-order valence-corrected chi connectivity index (χ4v) is 5.29. The monoisotopic (exact) mass is 496 g/mol. The van der Waals surface area contributed by atoms with Gasteiger partial charge in [0.1, 0.15) is 5.69 Å². The molecule has 1 heterocycles. The maximum atomic E-state index is 12.7. The lowest BCUT2D eigenvalue weighted by Crippen LogP contribution is -2.35. The first-order valence-corrected chi connectivity index (χ1v) is 12.6. The van der Waals surface area contributed by atoms with Crippen LogP contribution < -0.4 is 9.62 Å². The van der Waals surface area contributed by atoms with E-state index in [1.807, 2.05) is 29.2 Å². The number of nitro benzene ring substituents is 1. The van der Waals surface area contributed by atoms with E-state index in [-0.39, 0.29) is 17.2 Å². The van der Waals surface area contributed by atoms with E-state index in [0.29, 0.717) is 23.8 Å². The van der Waals surface area contributed by atoms with E-state index in [9.17, 15) is 18.5 Å². The maximum Gasteiger partial charge on any atom is 0.293 e. The number of ether oxygens (including phenoxy) is 1. The molecule has 0 unspecified atom stereocenters. The van der Waals surface area contributed by atoms with Gasteiger partial charge in [0.2, 0.25) is 10.0 Å². The summed E-state index contributed by atoms with van der Waals surface area (Å²) in [7, 11) is -2.44. The quantitative estimate of drug-likeness (QED) is 0.419. The second-order valence-corrected chi connectivity index (χ2v) is 10.3. The Hall–Kier alpha value is -2.24. The Bertz CT molecular complexity index is 1060. The van der Waals surface area contributed by atoms with Gasteiger partial charge in [-0.25, -0.2) is 13.1 Å². The Balaban J connectivity index is 1.75. The lowest BCUT2D eigenvalue weighted by atomic mass is 10.2. The Morgan fingerprint density at radius 2 is 1.88 bits per heavy atom. The number of nitro groups is 1. The molecule has 3 rings (SSSR count). The Morgan fingerprint density at radius 3 is 2.55 bits per heavy atom. The Kier molecular flexibility index (Phi) is 8.66. The first kappa shape index (κ1) is 25.4. The summed E-state index contributed by atoms with van der Waals surface area (Å²) < 4.78 is 32.7. The molecule has 0 spiro atoms. The molecule has 9 nitrogen and oxygen atoms in total. The highest BCUT2D eigenvalue weighted by Crippen LogP contribution is 2.31. The zero-order chi connectivity index (χ0) is 24.0. The molecule has 0 aliphatic carbocycles. The molecule has 0 bridgehead atoms. The van der Waals surface area contributed by atoms with Gasteiger partial charge in [0.15, 0.2) is 0 Å². The molecular formula is C22H29ClN4O5S. The molecule has 11 heteroatoms. The van der Waals surface area contributed by atoms with Crippen molar-refractivity contribution in [1.82, 2.24) is 9.62 Å². The van der Waals surface area contributed by atoms with Crippen LogP contribution in [0.5, 0.6) is 0 Å². The van der Waals surface area contributed by atoms with E-state index >= 15 is 0 Å². The molecule has 33 heavy (non-hydrogen) atoms. The van der Waals surface area contributed by atoms with Gasteiger partial charge >= 0.3 is 0 Å². The predicted octanol–water partition coefficient (Wildman–Crippen LogP) is 3.27. The van der Waals surface area contributed by atoms with Crippen LogP contribution in [-0.2, 0) is 21.3 Å². The van der Waals surface area contributed by atoms with Crippen LogP contribution in [0, 0.1) is 10.1 Å². The van der Waals surface area contributed by atoms with Gasteiger partial charge in [-0.2, -0.15) is 0 Å². The van der Waals surface area contributed by atoms with Crippen LogP contribution in [0.2, 0.25) is 5.02 Å². The number of nitrogens with one attached hydrogen (secondary N) is 1. The average Bonchev–Trinajstić information content (AvgIpc) is 3.00. The van der Waals surface area contributed by atoms with Crippen LogP contribution in [0.3, 0.4) is 0 Å². The first-order valence-electron chi connectivity index (χ1n) is 10.7. The van der Waals surface area contributed by atoms with Gasteiger partial charge in [0.25, 0.3) is 5.69 Å². The fourth-order valence-electron chi connectivity index (χ4n) is 3.92. The molecule has 1 N–H and O–H groups in total. The van der Waals surface area contributed by atoms with Crippen molar-refractivity contribution in [2.45, 2.75) is 30.8 Å². The number of methoxy groups -OCH3 is 1. The Morgan fingerprint density at radius 1 is 1.15 bits per heavy atom. The summed E-state index contributed by atoms with van der Waals surface area (Å²) in [6, 6.07) is 11.3. The van der Waals surface area contributed by atoms with E-state index in [4.69, 9.17) is 16.3 Å². The van der Waals surface area contributed by atoms with Crippen LogP contribution in [-0.4, -0.2) is 64.2 Å². The second kappa shape index (κ2) is 11.3. The molecular weight excluding hydrogens is 468 g/mol. The van der Waals surface area contributed by atoms with Gasteiger partial charge in [-0.3, -0.25) is 15.0 Å². The Labute approximate surface area is 199 Å². The number of hydrogen-bond donors (Lipinski definition) is 1. The SMILES string of the molecule is COC[C@H](C)NS(=O)(=O)c1ccc(N2CCCN(Cc3ccc(Cl)cc3)CC2)c([N+](=O)[O-])c1. The minimum absolute atomic E-state index is 0.139. The molecule has 1 aliphatic heterocycles. The number of rotatable bonds is 9. The smallest absolute Gasteiger partial charge is 0.293 e. The summed E-state index contributed by atoms with van der Waals surface area (Å²) in [6.45, 7) is 5.47. The molecule has 0 radical (unpaired) electrons. The number of anilines is 1. The van der Waals surface area contributed by atoms with Crippen molar-refractivity contribution in [3.05, 3.63) is 63.2 Å². The molecule has 1 atom stereocenters. The molecule has 2 aromatic rings. The van der Waals surface area contributed by atoms with Crippen molar-refractivity contribution in [3.8, 4) is 0 Å². The molecule has 180 valence electrons. The third-order valence-corrected chi connectivity index (χ3v) is 7.31. The van der Waals surface area contributed by atoms with E-state index in [0.717, 1.165) is 37.7 Å². The normalized spacial score (nSPS) is 16.4. The summed E-state index contributed by atoms with van der Waals surface area (Å²) in [5.74, 6) is 0. The van der Waals surface area contributed by atoms with Gasteiger partial charge in [-0.15, -0.1) is 0 Å². The van der Waals surface area contributed by atoms with Crippen LogP contribution in [0.15, 0.2) is 47.4 Å². The molecule has 1 aliphatic rings. The largest absolute Gasteiger partial charge is 0.383 e. The number of halogens is 1. The van der Waals surface area contributed by atoms with Crippen LogP contribution >= 0.6 is 11.6 Å². The highest BCUT2D eigenvalue weighted by atomic mass is 35.5. The number of sulfonamides is 1. The van der Waals surface area contributed by atoms with Crippen molar-refractivity contribution in [1.29, 1.82) is 0 Å². The molecule has 0 amide bonds. The minimum Gasteiger partial charge on any atom is -0.383 e. The van der Waals surface area contributed by atoms with E-state index < -0.39 is 21.0 Å². The molecule has 0 saturated carbocycles. The summed E-state index contributed by atoms with van der Waals surface area (Å²) in [5.41, 5.74) is 1.37. The molecule has 1 saturated heterocycles. The highest BCUT2D eigenvalue weighted by molar-refractivity contribution is 7.89. The summed E-state index contributed by atoms with van der Waals surface area (Å²) in [6.07, 6.45) is 0.834. The summed E-state index contributed by atoms with van der Waals surface area (Å²) in [4.78, 5) is 15.4. The van der Waals surface area contributed by atoms with E-state index in [1.54, 1.807) is 6.92 Å². The van der Waals surface area contributed by atoms with Crippen molar-refractivity contribution < 1.29 is 18.1 Å². The zero-order valence-electron chi connectivity index (χ0n) is 18.7.